The predicted octanol–water partition coefficient (Wildman–Crippen LogP) is 1.01. The number of benzene rings is 1. The highest BCUT2D eigenvalue weighted by Gasteiger charge is 2.36. The summed E-state index contributed by atoms with van der Waals surface area (Å²) in [4.78, 5) is 26.0. The highest BCUT2D eigenvalue weighted by atomic mass is 16.5. The Morgan fingerprint density at radius 2 is 2.00 bits per heavy atom. The molecule has 0 saturated carbocycles. The molecule has 2 atom stereocenters. The summed E-state index contributed by atoms with van der Waals surface area (Å²) in [5, 5.41) is 8.93. The van der Waals surface area contributed by atoms with Gasteiger partial charge in [-0.15, -0.1) is 0 Å². The first-order valence-corrected chi connectivity index (χ1v) is 10.2. The van der Waals surface area contributed by atoms with Gasteiger partial charge in [-0.2, -0.15) is 5.10 Å². The normalized spacial score (nSPS) is 16.8. The number of ether oxygens (including phenoxy) is 1. The average Bonchev–Trinajstić information content (AvgIpc) is 3.43. The molecule has 1 aliphatic rings. The minimum atomic E-state index is -0.299. The van der Waals surface area contributed by atoms with Crippen molar-refractivity contribution in [2.75, 3.05) is 33.3 Å². The number of hydrogen-bond acceptors (Lipinski definition) is 5. The van der Waals surface area contributed by atoms with E-state index in [-0.39, 0.29) is 30.9 Å². The summed E-state index contributed by atoms with van der Waals surface area (Å²) in [6.45, 7) is 5.52. The third-order valence-electron chi connectivity index (χ3n) is 5.15. The van der Waals surface area contributed by atoms with Crippen LogP contribution in [0.2, 0.25) is 0 Å². The number of nitrogens with one attached hydrogen (secondary N) is 2. The minimum absolute atomic E-state index is 0.0615. The monoisotopic (exact) mass is 413 g/mol. The molecule has 1 aliphatic heterocycles. The van der Waals surface area contributed by atoms with Gasteiger partial charge in [-0.1, -0.05) is 0 Å². The molecule has 8 nitrogen and oxygen atoms in total. The summed E-state index contributed by atoms with van der Waals surface area (Å²) in [5.74, 6) is 1.26. The Labute approximate surface area is 176 Å². The van der Waals surface area contributed by atoms with Crippen molar-refractivity contribution in [1.82, 2.24) is 10.3 Å². The SMILES string of the molecule is CCNC(=O)C[NH+](CC)CC(=O)N1N=C(c2ccc(OC)cc2)C[C@H]1c1ccco1. The molecule has 2 N–H and O–H groups in total. The topological polar surface area (TPSA) is 88.6 Å². The van der Waals surface area contributed by atoms with E-state index in [4.69, 9.17) is 9.15 Å². The summed E-state index contributed by atoms with van der Waals surface area (Å²) < 4.78 is 10.8. The van der Waals surface area contributed by atoms with Crippen LogP contribution >= 0.6 is 0 Å². The number of methoxy groups -OCH3 is 1. The molecule has 0 saturated heterocycles. The molecular formula is C22H29N4O4+. The maximum absolute atomic E-state index is 13.1. The van der Waals surface area contributed by atoms with Crippen LogP contribution in [0.3, 0.4) is 0 Å². The van der Waals surface area contributed by atoms with Crippen LogP contribution in [0.1, 0.15) is 37.6 Å². The largest absolute Gasteiger partial charge is 0.497 e. The lowest BCUT2D eigenvalue weighted by molar-refractivity contribution is -0.882. The van der Waals surface area contributed by atoms with Crippen molar-refractivity contribution in [2.24, 2.45) is 5.10 Å². The lowest BCUT2D eigenvalue weighted by Crippen LogP contribution is -3.14. The van der Waals surface area contributed by atoms with Gasteiger partial charge in [-0.05, 0) is 55.8 Å². The number of furan rings is 1. The van der Waals surface area contributed by atoms with Gasteiger partial charge < -0.3 is 19.4 Å². The Bertz CT molecular complexity index is 877. The van der Waals surface area contributed by atoms with E-state index in [9.17, 15) is 9.59 Å². The van der Waals surface area contributed by atoms with E-state index < -0.39 is 0 Å². The van der Waals surface area contributed by atoms with Crippen LogP contribution in [0, 0.1) is 0 Å². The first kappa shape index (κ1) is 21.6. The lowest BCUT2D eigenvalue weighted by Gasteiger charge is -2.22. The molecule has 0 spiro atoms. The van der Waals surface area contributed by atoms with E-state index in [2.05, 4.69) is 10.4 Å². The van der Waals surface area contributed by atoms with Crippen molar-refractivity contribution in [3.8, 4) is 5.75 Å². The number of hydrogen-bond donors (Lipinski definition) is 2. The van der Waals surface area contributed by atoms with E-state index in [0.717, 1.165) is 21.9 Å². The molecule has 2 aromatic rings. The number of amides is 2. The zero-order valence-electron chi connectivity index (χ0n) is 17.7. The van der Waals surface area contributed by atoms with E-state index in [1.54, 1.807) is 13.4 Å². The molecule has 30 heavy (non-hydrogen) atoms. The molecule has 0 bridgehead atoms. The van der Waals surface area contributed by atoms with Crippen molar-refractivity contribution in [3.05, 3.63) is 54.0 Å². The van der Waals surface area contributed by atoms with Crippen LogP contribution in [0.4, 0.5) is 0 Å². The van der Waals surface area contributed by atoms with Crippen LogP contribution < -0.4 is 15.0 Å². The highest BCUT2D eigenvalue weighted by Crippen LogP contribution is 2.33. The fraction of sp³-hybridized carbons (Fsp3) is 0.409. The number of carbonyl (C=O) groups is 2. The fourth-order valence-electron chi connectivity index (χ4n) is 3.49. The first-order valence-electron chi connectivity index (χ1n) is 10.2. The number of likely N-dealkylation sites (N-methyl/N-ethyl adjacent to an activating group) is 2. The van der Waals surface area contributed by atoms with Crippen molar-refractivity contribution >= 4 is 17.5 Å². The number of rotatable bonds is 9. The van der Waals surface area contributed by atoms with Crippen LogP contribution in [0.15, 0.2) is 52.2 Å². The van der Waals surface area contributed by atoms with Crippen LogP contribution in [-0.2, 0) is 9.59 Å². The second kappa shape index (κ2) is 10.1. The number of carbonyl (C=O) groups excluding carboxylic acids is 2. The summed E-state index contributed by atoms with van der Waals surface area (Å²) in [7, 11) is 1.62. The number of quaternary nitrogens is 1. The Hall–Kier alpha value is -3.13. The number of nitrogens with zero attached hydrogens (tertiary/aromatic N) is 2. The van der Waals surface area contributed by atoms with Gasteiger partial charge in [0.25, 0.3) is 11.8 Å². The standard InChI is InChI=1S/C22H28N4O4/c1-4-23-21(27)14-25(5-2)15-22(28)26-19(20-7-6-12-30-20)13-18(24-26)16-8-10-17(29-3)11-9-16/h6-12,19H,4-5,13-15H2,1-3H3,(H,23,27)/p+1/t19-/m0/s1. The van der Waals surface area contributed by atoms with Crippen molar-refractivity contribution in [2.45, 2.75) is 26.3 Å². The molecule has 0 radical (unpaired) electrons. The second-order valence-electron chi connectivity index (χ2n) is 7.16. The van der Waals surface area contributed by atoms with E-state index >= 15 is 0 Å². The fourth-order valence-corrected chi connectivity index (χ4v) is 3.49. The van der Waals surface area contributed by atoms with E-state index in [0.29, 0.717) is 25.3 Å². The molecule has 0 fully saturated rings. The van der Waals surface area contributed by atoms with Gasteiger partial charge in [0.15, 0.2) is 13.1 Å². The third kappa shape index (κ3) is 5.07. The van der Waals surface area contributed by atoms with Crippen molar-refractivity contribution in [1.29, 1.82) is 0 Å². The molecule has 2 amide bonds. The molecule has 160 valence electrons. The van der Waals surface area contributed by atoms with Gasteiger partial charge >= 0.3 is 0 Å². The summed E-state index contributed by atoms with van der Waals surface area (Å²) >= 11 is 0. The molecule has 1 aromatic heterocycles. The third-order valence-corrected chi connectivity index (χ3v) is 5.15. The smallest absolute Gasteiger partial charge is 0.298 e. The van der Waals surface area contributed by atoms with Crippen LogP contribution in [0.25, 0.3) is 0 Å². The molecule has 0 aliphatic carbocycles. The second-order valence-corrected chi connectivity index (χ2v) is 7.16. The highest BCUT2D eigenvalue weighted by molar-refractivity contribution is 6.03. The molecule has 3 rings (SSSR count). The van der Waals surface area contributed by atoms with Gasteiger partial charge in [-0.3, -0.25) is 9.59 Å². The zero-order chi connectivity index (χ0) is 21.5. The van der Waals surface area contributed by atoms with Crippen LogP contribution in [-0.4, -0.2) is 55.8 Å². The molecule has 2 heterocycles. The Kier molecular flexibility index (Phi) is 7.24. The molecule has 1 unspecified atom stereocenters. The Morgan fingerprint density at radius 3 is 2.60 bits per heavy atom. The number of hydrazone groups is 1. The average molecular weight is 413 g/mol. The zero-order valence-corrected chi connectivity index (χ0v) is 17.7. The summed E-state index contributed by atoms with van der Waals surface area (Å²) in [6.07, 6.45) is 2.16. The van der Waals surface area contributed by atoms with Gasteiger partial charge in [0.1, 0.15) is 17.6 Å². The summed E-state index contributed by atoms with van der Waals surface area (Å²) in [6, 6.07) is 11.0. The molecule has 8 heteroatoms. The van der Waals surface area contributed by atoms with Gasteiger partial charge in [0, 0.05) is 13.0 Å². The first-order chi connectivity index (χ1) is 14.5. The lowest BCUT2D eigenvalue weighted by atomic mass is 10.0. The Balaban J connectivity index is 1.79. The van der Waals surface area contributed by atoms with Crippen molar-refractivity contribution in [3.63, 3.8) is 0 Å². The van der Waals surface area contributed by atoms with Gasteiger partial charge in [-0.25, -0.2) is 5.01 Å². The maximum Gasteiger partial charge on any atom is 0.298 e. The molecular weight excluding hydrogens is 384 g/mol. The quantitative estimate of drug-likeness (QED) is 0.642. The Morgan fingerprint density at radius 1 is 1.23 bits per heavy atom. The molecule has 1 aromatic carbocycles. The predicted molar refractivity (Wildman–Crippen MR) is 112 cm³/mol. The van der Waals surface area contributed by atoms with Gasteiger partial charge in [0.05, 0.1) is 25.6 Å². The van der Waals surface area contributed by atoms with Crippen LogP contribution in [0.5, 0.6) is 5.75 Å². The van der Waals surface area contributed by atoms with E-state index in [1.165, 1.54) is 5.01 Å². The van der Waals surface area contributed by atoms with Gasteiger partial charge in [0.2, 0.25) is 0 Å². The maximum atomic E-state index is 13.1. The van der Waals surface area contributed by atoms with E-state index in [1.807, 2.05) is 50.2 Å². The van der Waals surface area contributed by atoms with Crippen molar-refractivity contribution < 1.29 is 23.6 Å². The summed E-state index contributed by atoms with van der Waals surface area (Å²) in [5.41, 5.74) is 1.75. The minimum Gasteiger partial charge on any atom is -0.497 e.